The molecule has 3 amide bonds. The van der Waals surface area contributed by atoms with Gasteiger partial charge in [0, 0.05) is 46.1 Å². The summed E-state index contributed by atoms with van der Waals surface area (Å²) in [6.45, 7) is 7.81. The fourth-order valence-corrected chi connectivity index (χ4v) is 10.6. The van der Waals surface area contributed by atoms with E-state index in [4.69, 9.17) is 25.2 Å². The molecule has 0 unspecified atom stereocenters. The Labute approximate surface area is 361 Å². The second-order valence-corrected chi connectivity index (χ2v) is 20.6. The van der Waals surface area contributed by atoms with Crippen LogP contribution in [-0.4, -0.2) is 83.1 Å². The van der Waals surface area contributed by atoms with E-state index < -0.39 is 56.2 Å². The molecule has 324 valence electrons. The second-order valence-electron chi connectivity index (χ2n) is 17.5. The Hall–Kier alpha value is -5.22. The van der Waals surface area contributed by atoms with Crippen LogP contribution in [0.4, 0.5) is 11.4 Å². The van der Waals surface area contributed by atoms with E-state index in [9.17, 15) is 22.8 Å². The molecule has 4 heterocycles. The lowest BCUT2D eigenvalue weighted by molar-refractivity contribution is -0.140. The molecule has 4 aromatic rings. The molecule has 14 nitrogen and oxygen atoms in total. The zero-order valence-electron chi connectivity index (χ0n) is 35.3. The molecule has 8 rings (SSSR count). The number of methoxy groups -OCH3 is 1. The lowest BCUT2D eigenvalue weighted by Crippen LogP contribution is -2.58. The number of ether oxygens (including phenoxy) is 2. The largest absolute Gasteiger partial charge is 0.496 e. The first-order valence-electron chi connectivity index (χ1n) is 21.2. The Morgan fingerprint density at radius 1 is 1.07 bits per heavy atom. The summed E-state index contributed by atoms with van der Waals surface area (Å²) in [5, 5.41) is 9.90. The van der Waals surface area contributed by atoms with Gasteiger partial charge in [-0.05, 0) is 94.7 Å². The monoisotopic (exact) mass is 869 g/mol. The van der Waals surface area contributed by atoms with Crippen molar-refractivity contribution >= 4 is 61.4 Å². The van der Waals surface area contributed by atoms with Crippen molar-refractivity contribution in [2.24, 2.45) is 5.92 Å². The van der Waals surface area contributed by atoms with Crippen molar-refractivity contribution in [3.63, 3.8) is 0 Å². The van der Waals surface area contributed by atoms with E-state index in [1.807, 2.05) is 54.8 Å². The van der Waals surface area contributed by atoms with E-state index in [-0.39, 0.29) is 31.2 Å². The number of nitrogens with one attached hydrogen (secondary N) is 3. The predicted molar refractivity (Wildman–Crippen MR) is 237 cm³/mol. The number of hydrogen-bond donors (Lipinski definition) is 4. The average Bonchev–Trinajstić information content (AvgIpc) is 4.00. The van der Waals surface area contributed by atoms with Gasteiger partial charge >= 0.3 is 0 Å². The molecular formula is C45H55N7O7S2. The summed E-state index contributed by atoms with van der Waals surface area (Å²) in [5.41, 5.74) is 8.89. The lowest BCUT2D eigenvalue weighted by atomic mass is 10.0. The van der Waals surface area contributed by atoms with E-state index >= 15 is 0 Å². The minimum atomic E-state index is -3.98. The van der Waals surface area contributed by atoms with Crippen molar-refractivity contribution < 1.29 is 32.3 Å². The first-order valence-corrected chi connectivity index (χ1v) is 23.6. The van der Waals surface area contributed by atoms with E-state index in [0.29, 0.717) is 53.3 Å². The van der Waals surface area contributed by atoms with Crippen LogP contribution in [0, 0.1) is 12.8 Å². The van der Waals surface area contributed by atoms with Crippen molar-refractivity contribution in [3.05, 3.63) is 71.3 Å². The zero-order valence-corrected chi connectivity index (χ0v) is 37.0. The number of nitrogens with zero attached hydrogens (tertiary/aromatic N) is 3. The number of nitrogens with two attached hydrogens (primary N) is 1. The van der Waals surface area contributed by atoms with Gasteiger partial charge in [-0.3, -0.25) is 19.1 Å². The average molecular weight is 870 g/mol. The number of thiazole rings is 1. The van der Waals surface area contributed by atoms with Crippen LogP contribution < -0.4 is 30.6 Å². The highest BCUT2D eigenvalue weighted by Gasteiger charge is 2.63. The van der Waals surface area contributed by atoms with Gasteiger partial charge in [0.1, 0.15) is 45.9 Å². The topological polar surface area (TPSA) is 195 Å². The summed E-state index contributed by atoms with van der Waals surface area (Å²) in [5.74, 6) is -0.584. The molecule has 2 aromatic heterocycles. The second kappa shape index (κ2) is 16.6. The first kappa shape index (κ1) is 42.5. The summed E-state index contributed by atoms with van der Waals surface area (Å²) in [6.07, 6.45) is 8.26. The summed E-state index contributed by atoms with van der Waals surface area (Å²) >= 11 is 1.50. The third-order valence-electron chi connectivity index (χ3n) is 12.7. The van der Waals surface area contributed by atoms with Gasteiger partial charge in [0.25, 0.3) is 5.91 Å². The number of aryl methyl sites for hydroxylation is 1. The maximum Gasteiger partial charge on any atom is 0.259 e. The Morgan fingerprint density at radius 2 is 1.84 bits per heavy atom. The third kappa shape index (κ3) is 8.53. The smallest absolute Gasteiger partial charge is 0.259 e. The molecule has 2 aliphatic carbocycles. The molecule has 61 heavy (non-hydrogen) atoms. The molecule has 0 radical (unpaired) electrons. The number of nitrogen functional groups attached to an aromatic ring is 1. The molecule has 2 saturated carbocycles. The van der Waals surface area contributed by atoms with Gasteiger partial charge in [-0.2, -0.15) is 0 Å². The first-order chi connectivity index (χ1) is 29.1. The highest BCUT2D eigenvalue weighted by Crippen LogP contribution is 2.48. The highest BCUT2D eigenvalue weighted by atomic mass is 32.2. The molecule has 5 atom stereocenters. The number of benzene rings is 2. The van der Waals surface area contributed by atoms with Crippen molar-refractivity contribution in [3.8, 4) is 22.2 Å². The minimum absolute atomic E-state index is 0.0785. The van der Waals surface area contributed by atoms with Gasteiger partial charge in [-0.15, -0.1) is 11.3 Å². The van der Waals surface area contributed by atoms with Gasteiger partial charge in [0.15, 0.2) is 0 Å². The maximum absolute atomic E-state index is 14.9. The highest BCUT2D eigenvalue weighted by molar-refractivity contribution is 7.91. The minimum Gasteiger partial charge on any atom is -0.496 e. The van der Waals surface area contributed by atoms with Crippen molar-refractivity contribution in [1.82, 2.24) is 24.9 Å². The standard InChI is InChI=1S/C45H55N7O7S2/c1-26(2)35-25-60-41(49-35)34-22-38(32-17-18-37(58-5)27(3)39(32)48-34)59-31-21-36-40(53)50-45(43(55)51-61(56,57)44(4)19-20-44)23-28(45)11-9-7-6-8-10-12-33(42(54)52(36)24-31)47-30-15-13-29(46)14-16-30/h9,11,13-18,22,25-26,28,31,33,36,47H,6-8,10,12,19-21,23-24,46H2,1-5H3,(H,50,53)(H,51,55)/b11-9-/t28-,31-,33+,36+,45-/m1/s1. The van der Waals surface area contributed by atoms with Crippen molar-refractivity contribution in [1.29, 1.82) is 0 Å². The van der Waals surface area contributed by atoms with Crippen molar-refractivity contribution in [2.45, 2.75) is 120 Å². The van der Waals surface area contributed by atoms with Gasteiger partial charge in [0.2, 0.25) is 21.8 Å². The number of sulfonamides is 1. The van der Waals surface area contributed by atoms with Gasteiger partial charge in [-0.1, -0.05) is 38.8 Å². The number of rotatable bonds is 10. The summed E-state index contributed by atoms with van der Waals surface area (Å²) in [4.78, 5) is 55.2. The number of anilines is 2. The number of carbonyl (C=O) groups excluding carboxylic acids is 3. The quantitative estimate of drug-likeness (QED) is 0.0991. The van der Waals surface area contributed by atoms with Gasteiger partial charge in [-0.25, -0.2) is 18.4 Å². The SMILES string of the molecule is COc1ccc2c(O[C@@H]3C[C@H]4C(=O)N[C@]5(C(=O)NS(=O)(=O)C6(C)CC6)C[C@H]5/C=C\CCCCC[C@H](Nc5ccc(N)cc5)C(=O)N4C3)cc(-c3nc(C(C)C)cs3)nc2c1C. The van der Waals surface area contributed by atoms with E-state index in [1.54, 1.807) is 31.1 Å². The number of carbonyl (C=O) groups is 3. The number of hydrogen-bond acceptors (Lipinski definition) is 12. The van der Waals surface area contributed by atoms with Crippen LogP contribution in [0.25, 0.3) is 21.6 Å². The van der Waals surface area contributed by atoms with Crippen molar-refractivity contribution in [2.75, 3.05) is 24.7 Å². The molecule has 5 N–H and O–H groups in total. The molecule has 0 spiro atoms. The Kier molecular flexibility index (Phi) is 11.5. The van der Waals surface area contributed by atoms with Crippen LogP contribution in [0.2, 0.25) is 0 Å². The van der Waals surface area contributed by atoms with Gasteiger partial charge in [0.05, 0.1) is 29.6 Å². The van der Waals surface area contributed by atoms with Crippen LogP contribution in [0.3, 0.4) is 0 Å². The molecule has 16 heteroatoms. The number of pyridine rings is 1. The summed E-state index contributed by atoms with van der Waals surface area (Å²) < 4.78 is 40.4. The van der Waals surface area contributed by atoms with E-state index in [0.717, 1.165) is 47.3 Å². The number of aromatic nitrogens is 2. The summed E-state index contributed by atoms with van der Waals surface area (Å²) in [6, 6.07) is 11.1. The molecule has 2 aromatic carbocycles. The van der Waals surface area contributed by atoms with Crippen LogP contribution in [0.15, 0.2) is 60.0 Å². The third-order valence-corrected chi connectivity index (χ3v) is 15.8. The van der Waals surface area contributed by atoms with Crippen LogP contribution in [-0.2, 0) is 24.4 Å². The summed E-state index contributed by atoms with van der Waals surface area (Å²) in [7, 11) is -2.37. The number of amides is 3. The predicted octanol–water partition coefficient (Wildman–Crippen LogP) is 6.60. The zero-order chi connectivity index (χ0) is 43.3. The fraction of sp³-hybridized carbons (Fsp3) is 0.489. The number of fused-ring (bicyclic) bond motifs is 3. The van der Waals surface area contributed by atoms with E-state index in [1.165, 1.54) is 11.3 Å². The Morgan fingerprint density at radius 3 is 2.54 bits per heavy atom. The Balaban J connectivity index is 1.15. The maximum atomic E-state index is 14.9. The van der Waals surface area contributed by atoms with Crippen LogP contribution in [0.5, 0.6) is 11.5 Å². The molecule has 2 aliphatic heterocycles. The lowest BCUT2D eigenvalue weighted by Gasteiger charge is -2.30. The van der Waals surface area contributed by atoms with Gasteiger partial charge < -0.3 is 30.7 Å². The Bertz CT molecular complexity index is 2480. The molecule has 0 bridgehead atoms. The van der Waals surface area contributed by atoms with Crippen LogP contribution in [0.1, 0.15) is 95.7 Å². The fourth-order valence-electron chi connectivity index (χ4n) is 8.38. The molecule has 1 saturated heterocycles. The normalized spacial score (nSPS) is 25.7. The molecule has 4 aliphatic rings. The molecule has 3 fully saturated rings. The van der Waals surface area contributed by atoms with Crippen LogP contribution >= 0.6 is 11.3 Å². The van der Waals surface area contributed by atoms with E-state index in [2.05, 4.69) is 29.2 Å². The molecular weight excluding hydrogens is 815 g/mol. The number of allylic oxidation sites excluding steroid dienone is 1.